The van der Waals surface area contributed by atoms with E-state index in [0.29, 0.717) is 0 Å². The molecule has 1 aliphatic heterocycles. The molecule has 0 saturated carbocycles. The van der Waals surface area contributed by atoms with E-state index >= 15 is 0 Å². The first kappa shape index (κ1) is 8.89. The van der Waals surface area contributed by atoms with Crippen LogP contribution in [0.15, 0.2) is 12.1 Å². The molecule has 1 nitrogen and oxygen atoms in total. The van der Waals surface area contributed by atoms with Crippen molar-refractivity contribution in [2.24, 2.45) is 0 Å². The lowest BCUT2D eigenvalue weighted by atomic mass is 9.86. The van der Waals surface area contributed by atoms with Gasteiger partial charge < -0.3 is 5.32 Å². The van der Waals surface area contributed by atoms with Gasteiger partial charge in [0.1, 0.15) is 0 Å². The molecule has 0 fully saturated rings. The molecule has 2 rings (SSSR count). The lowest BCUT2D eigenvalue weighted by Gasteiger charge is -2.17. The zero-order chi connectivity index (χ0) is 9.64. The molecular weight excluding hydrogens is 182 g/mol. The molecule has 1 N–H and O–H groups in total. The Balaban J connectivity index is 2.61. The first-order chi connectivity index (χ1) is 6.00. The van der Waals surface area contributed by atoms with Gasteiger partial charge in [-0.15, -0.1) is 0 Å². The van der Waals surface area contributed by atoms with Gasteiger partial charge in [0.2, 0.25) is 0 Å². The van der Waals surface area contributed by atoms with Crippen LogP contribution in [0.2, 0.25) is 5.02 Å². The number of benzene rings is 1. The fraction of sp³-hybridized carbons (Fsp3) is 0.455. The van der Waals surface area contributed by atoms with E-state index in [-0.39, 0.29) is 5.41 Å². The first-order valence-corrected chi connectivity index (χ1v) is 4.93. The molecule has 1 aliphatic rings. The third-order valence-electron chi connectivity index (χ3n) is 2.75. The highest BCUT2D eigenvalue weighted by Gasteiger charge is 2.29. The molecule has 0 aromatic heterocycles. The monoisotopic (exact) mass is 195 g/mol. The minimum absolute atomic E-state index is 0.241. The SMILES string of the molecule is Cc1cc2c(cc1Cl)NCC2(C)C. The lowest BCUT2D eigenvalue weighted by Crippen LogP contribution is -2.18. The third kappa shape index (κ3) is 1.31. The lowest BCUT2D eigenvalue weighted by molar-refractivity contribution is 0.586. The molecule has 0 amide bonds. The predicted octanol–water partition coefficient (Wildman–Crippen LogP) is 3.35. The summed E-state index contributed by atoms with van der Waals surface area (Å²) in [4.78, 5) is 0. The van der Waals surface area contributed by atoms with Gasteiger partial charge in [0.05, 0.1) is 0 Å². The van der Waals surface area contributed by atoms with Crippen LogP contribution in [0.1, 0.15) is 25.0 Å². The molecule has 0 bridgehead atoms. The summed E-state index contributed by atoms with van der Waals surface area (Å²) in [5, 5.41) is 4.22. The average molecular weight is 196 g/mol. The highest BCUT2D eigenvalue weighted by molar-refractivity contribution is 6.31. The normalized spacial score (nSPS) is 18.2. The third-order valence-corrected chi connectivity index (χ3v) is 3.16. The van der Waals surface area contributed by atoms with Crippen LogP contribution in [0.4, 0.5) is 5.69 Å². The minimum atomic E-state index is 0.241. The molecular formula is C11H14ClN. The molecule has 0 saturated heterocycles. The second kappa shape index (κ2) is 2.65. The van der Waals surface area contributed by atoms with Crippen LogP contribution in [0.3, 0.4) is 0 Å². The summed E-state index contributed by atoms with van der Waals surface area (Å²) in [6.07, 6.45) is 0. The van der Waals surface area contributed by atoms with Crippen LogP contribution in [0, 0.1) is 6.92 Å². The van der Waals surface area contributed by atoms with Gasteiger partial charge >= 0.3 is 0 Å². The molecule has 0 spiro atoms. The van der Waals surface area contributed by atoms with Crippen molar-refractivity contribution in [1.82, 2.24) is 0 Å². The summed E-state index contributed by atoms with van der Waals surface area (Å²) in [5.41, 5.74) is 3.98. The standard InChI is InChI=1S/C11H14ClN/c1-7-4-8-10(5-9(7)12)13-6-11(8,2)3/h4-5,13H,6H2,1-3H3. The summed E-state index contributed by atoms with van der Waals surface area (Å²) in [5.74, 6) is 0. The fourth-order valence-electron chi connectivity index (χ4n) is 1.80. The maximum atomic E-state index is 6.05. The summed E-state index contributed by atoms with van der Waals surface area (Å²) in [6.45, 7) is 7.55. The quantitative estimate of drug-likeness (QED) is 0.670. The average Bonchev–Trinajstić information content (AvgIpc) is 2.31. The van der Waals surface area contributed by atoms with Crippen molar-refractivity contribution in [3.05, 3.63) is 28.3 Å². The smallest absolute Gasteiger partial charge is 0.0455 e. The van der Waals surface area contributed by atoms with Gasteiger partial charge in [-0.05, 0) is 24.1 Å². The molecule has 1 aromatic carbocycles. The van der Waals surface area contributed by atoms with Crippen molar-refractivity contribution in [2.45, 2.75) is 26.2 Å². The summed E-state index contributed by atoms with van der Waals surface area (Å²) in [7, 11) is 0. The van der Waals surface area contributed by atoms with E-state index in [1.54, 1.807) is 0 Å². The Kier molecular flexibility index (Phi) is 1.81. The van der Waals surface area contributed by atoms with Crippen molar-refractivity contribution < 1.29 is 0 Å². The molecule has 0 atom stereocenters. The largest absolute Gasteiger partial charge is 0.384 e. The van der Waals surface area contributed by atoms with Crippen LogP contribution in [-0.2, 0) is 5.41 Å². The van der Waals surface area contributed by atoms with E-state index in [9.17, 15) is 0 Å². The number of rotatable bonds is 0. The fourth-order valence-corrected chi connectivity index (χ4v) is 1.96. The Morgan fingerprint density at radius 3 is 2.77 bits per heavy atom. The van der Waals surface area contributed by atoms with Crippen LogP contribution >= 0.6 is 11.6 Å². The van der Waals surface area contributed by atoms with E-state index in [4.69, 9.17) is 11.6 Å². The molecule has 1 aromatic rings. The second-order valence-electron chi connectivity index (χ2n) is 4.38. The maximum Gasteiger partial charge on any atom is 0.0455 e. The number of fused-ring (bicyclic) bond motifs is 1. The van der Waals surface area contributed by atoms with Gasteiger partial charge in [-0.25, -0.2) is 0 Å². The Bertz CT molecular complexity index is 355. The van der Waals surface area contributed by atoms with Gasteiger partial charge in [-0.1, -0.05) is 31.5 Å². The van der Waals surface area contributed by atoms with E-state index in [0.717, 1.165) is 17.1 Å². The van der Waals surface area contributed by atoms with Crippen molar-refractivity contribution in [3.63, 3.8) is 0 Å². The van der Waals surface area contributed by atoms with E-state index < -0.39 is 0 Å². The topological polar surface area (TPSA) is 12.0 Å². The Morgan fingerprint density at radius 2 is 2.08 bits per heavy atom. The zero-order valence-electron chi connectivity index (χ0n) is 8.24. The number of aryl methyl sites for hydroxylation is 1. The molecule has 13 heavy (non-hydrogen) atoms. The molecule has 70 valence electrons. The van der Waals surface area contributed by atoms with Crippen molar-refractivity contribution >= 4 is 17.3 Å². The molecule has 0 radical (unpaired) electrons. The van der Waals surface area contributed by atoms with Crippen molar-refractivity contribution in [3.8, 4) is 0 Å². The maximum absolute atomic E-state index is 6.05. The van der Waals surface area contributed by atoms with Gasteiger partial charge in [0.25, 0.3) is 0 Å². The molecule has 0 aliphatic carbocycles. The second-order valence-corrected chi connectivity index (χ2v) is 4.79. The summed E-state index contributed by atoms with van der Waals surface area (Å²) in [6, 6.07) is 4.22. The highest BCUT2D eigenvalue weighted by atomic mass is 35.5. The Hall–Kier alpha value is -0.690. The molecule has 1 heterocycles. The zero-order valence-corrected chi connectivity index (χ0v) is 9.00. The van der Waals surface area contributed by atoms with Gasteiger partial charge in [0.15, 0.2) is 0 Å². The minimum Gasteiger partial charge on any atom is -0.384 e. The number of nitrogens with one attached hydrogen (secondary N) is 1. The van der Waals surface area contributed by atoms with E-state index in [2.05, 4.69) is 32.2 Å². The number of hydrogen-bond donors (Lipinski definition) is 1. The van der Waals surface area contributed by atoms with Crippen LogP contribution in [0.5, 0.6) is 0 Å². The Morgan fingerprint density at radius 1 is 1.38 bits per heavy atom. The Labute approximate surface area is 84.1 Å². The summed E-state index contributed by atoms with van der Waals surface area (Å²) >= 11 is 6.05. The number of halogens is 1. The number of hydrogen-bond acceptors (Lipinski definition) is 1. The highest BCUT2D eigenvalue weighted by Crippen LogP contribution is 2.38. The van der Waals surface area contributed by atoms with E-state index in [1.165, 1.54) is 11.3 Å². The summed E-state index contributed by atoms with van der Waals surface area (Å²) < 4.78 is 0. The van der Waals surface area contributed by atoms with Crippen molar-refractivity contribution in [1.29, 1.82) is 0 Å². The van der Waals surface area contributed by atoms with Gasteiger partial charge in [-0.2, -0.15) is 0 Å². The van der Waals surface area contributed by atoms with Crippen molar-refractivity contribution in [2.75, 3.05) is 11.9 Å². The van der Waals surface area contributed by atoms with E-state index in [1.807, 2.05) is 6.07 Å². The first-order valence-electron chi connectivity index (χ1n) is 4.55. The predicted molar refractivity (Wildman–Crippen MR) is 57.7 cm³/mol. The molecule has 2 heteroatoms. The van der Waals surface area contributed by atoms with Gasteiger partial charge in [-0.3, -0.25) is 0 Å². The molecule has 0 unspecified atom stereocenters. The van der Waals surface area contributed by atoms with Gasteiger partial charge in [0, 0.05) is 22.7 Å². The van der Waals surface area contributed by atoms with Crippen LogP contribution in [-0.4, -0.2) is 6.54 Å². The number of anilines is 1. The van der Waals surface area contributed by atoms with Crippen LogP contribution in [0.25, 0.3) is 0 Å². The van der Waals surface area contributed by atoms with Crippen LogP contribution < -0.4 is 5.32 Å².